The highest BCUT2D eigenvalue weighted by molar-refractivity contribution is 7.90. The lowest BCUT2D eigenvalue weighted by molar-refractivity contribution is 0.0793. The second kappa shape index (κ2) is 11.6. The first kappa shape index (κ1) is 25.8. The molecule has 3 rings (SSSR count). The molecule has 1 aliphatic carbocycles. The van der Waals surface area contributed by atoms with Gasteiger partial charge in [0.2, 0.25) is 0 Å². The van der Waals surface area contributed by atoms with Crippen LogP contribution < -0.4 is 14.8 Å². The molecule has 34 heavy (non-hydrogen) atoms. The molecule has 10 heteroatoms. The highest BCUT2D eigenvalue weighted by atomic mass is 35.5. The van der Waals surface area contributed by atoms with Crippen LogP contribution in [0.4, 0.5) is 4.79 Å². The Morgan fingerprint density at radius 1 is 1.09 bits per heavy atom. The van der Waals surface area contributed by atoms with Gasteiger partial charge in [0.1, 0.15) is 5.75 Å². The minimum Gasteiger partial charge on any atom is -0.496 e. The second-order valence-electron chi connectivity index (χ2n) is 8.38. The molecule has 8 nitrogen and oxygen atoms in total. The van der Waals surface area contributed by atoms with E-state index in [1.54, 1.807) is 42.3 Å². The third-order valence-electron chi connectivity index (χ3n) is 5.88. The van der Waals surface area contributed by atoms with Gasteiger partial charge >= 0.3 is 6.03 Å². The van der Waals surface area contributed by atoms with Gasteiger partial charge in [0.15, 0.2) is 0 Å². The van der Waals surface area contributed by atoms with Crippen molar-refractivity contribution in [2.45, 2.75) is 49.5 Å². The first-order chi connectivity index (χ1) is 16.2. The van der Waals surface area contributed by atoms with Crippen LogP contribution in [0.5, 0.6) is 5.75 Å². The number of urea groups is 1. The van der Waals surface area contributed by atoms with E-state index in [0.717, 1.165) is 37.7 Å². The van der Waals surface area contributed by atoms with Crippen LogP contribution in [-0.4, -0.2) is 52.0 Å². The average Bonchev–Trinajstić information content (AvgIpc) is 2.82. The van der Waals surface area contributed by atoms with Crippen molar-refractivity contribution in [2.24, 2.45) is 0 Å². The number of rotatable bonds is 8. The molecular formula is C24H30ClN3O5S. The Labute approximate surface area is 205 Å². The Bertz CT molecular complexity index is 1120. The van der Waals surface area contributed by atoms with Gasteiger partial charge in [-0.15, -0.1) is 0 Å². The summed E-state index contributed by atoms with van der Waals surface area (Å²) in [5, 5.41) is 3.18. The third kappa shape index (κ3) is 6.87. The largest absolute Gasteiger partial charge is 0.496 e. The van der Waals surface area contributed by atoms with E-state index in [0.29, 0.717) is 29.3 Å². The lowest BCUT2D eigenvalue weighted by Crippen LogP contribution is -2.45. The van der Waals surface area contributed by atoms with E-state index in [2.05, 4.69) is 10.0 Å². The molecule has 184 valence electrons. The highest BCUT2D eigenvalue weighted by Gasteiger charge is 2.21. The molecule has 0 radical (unpaired) electrons. The lowest BCUT2D eigenvalue weighted by Gasteiger charge is -2.22. The fraction of sp³-hybridized carbons (Fsp3) is 0.417. The number of carbonyl (C=O) groups excluding carboxylic acids is 2. The number of hydrogen-bond acceptors (Lipinski definition) is 5. The molecule has 0 spiro atoms. The number of halogens is 1. The van der Waals surface area contributed by atoms with Crippen molar-refractivity contribution in [2.75, 3.05) is 20.7 Å². The van der Waals surface area contributed by atoms with Gasteiger partial charge < -0.3 is 15.0 Å². The molecule has 0 unspecified atom stereocenters. The van der Waals surface area contributed by atoms with Crippen LogP contribution in [0, 0.1) is 0 Å². The Hall–Kier alpha value is -2.78. The molecule has 2 aromatic carbocycles. The Morgan fingerprint density at radius 2 is 1.76 bits per heavy atom. The van der Waals surface area contributed by atoms with E-state index in [1.807, 2.05) is 0 Å². The monoisotopic (exact) mass is 507 g/mol. The van der Waals surface area contributed by atoms with Gasteiger partial charge in [0, 0.05) is 24.7 Å². The Morgan fingerprint density at radius 3 is 2.41 bits per heavy atom. The average molecular weight is 508 g/mol. The number of likely N-dealkylation sites (N-methyl/N-ethyl adjacent to an activating group) is 1. The van der Waals surface area contributed by atoms with Crippen molar-refractivity contribution in [1.82, 2.24) is 14.9 Å². The lowest BCUT2D eigenvalue weighted by atomic mass is 9.96. The van der Waals surface area contributed by atoms with Gasteiger partial charge in [-0.3, -0.25) is 4.79 Å². The van der Waals surface area contributed by atoms with E-state index >= 15 is 0 Å². The molecule has 1 fully saturated rings. The molecule has 2 N–H and O–H groups in total. The summed E-state index contributed by atoms with van der Waals surface area (Å²) in [5.74, 6) is 0.211. The maximum absolute atomic E-state index is 12.8. The van der Waals surface area contributed by atoms with E-state index in [9.17, 15) is 18.0 Å². The Balaban J connectivity index is 1.56. The van der Waals surface area contributed by atoms with Crippen LogP contribution >= 0.6 is 11.6 Å². The number of carbonyl (C=O) groups is 2. The van der Waals surface area contributed by atoms with Crippen LogP contribution in [-0.2, 0) is 16.4 Å². The zero-order chi connectivity index (χ0) is 24.7. The standard InChI is InChI=1S/C24H30ClN3O5S/c1-28(23(29)21-16-18(25)10-13-22(21)33-2)15-14-17-8-11-20(12-9-17)34(31,32)27-24(30)26-19-6-4-3-5-7-19/h8-13,16,19H,3-7,14-15H2,1-2H3,(H2,26,27,30). The van der Waals surface area contributed by atoms with E-state index in [-0.39, 0.29) is 16.8 Å². The number of benzene rings is 2. The van der Waals surface area contributed by atoms with Crippen molar-refractivity contribution < 1.29 is 22.7 Å². The van der Waals surface area contributed by atoms with Gasteiger partial charge in [0.25, 0.3) is 15.9 Å². The van der Waals surface area contributed by atoms with Gasteiger partial charge in [-0.25, -0.2) is 17.9 Å². The van der Waals surface area contributed by atoms with Gasteiger partial charge in [-0.2, -0.15) is 0 Å². The molecule has 2 aromatic rings. The van der Waals surface area contributed by atoms with Crippen LogP contribution in [0.1, 0.15) is 48.0 Å². The van der Waals surface area contributed by atoms with Crippen molar-refractivity contribution in [3.05, 3.63) is 58.6 Å². The van der Waals surface area contributed by atoms with Crippen molar-refractivity contribution >= 4 is 33.6 Å². The SMILES string of the molecule is COc1ccc(Cl)cc1C(=O)N(C)CCc1ccc(S(=O)(=O)NC(=O)NC2CCCCC2)cc1. The summed E-state index contributed by atoms with van der Waals surface area (Å²) in [7, 11) is -0.805. The van der Waals surface area contributed by atoms with Crippen LogP contribution in [0.3, 0.4) is 0 Å². The molecule has 0 bridgehead atoms. The maximum Gasteiger partial charge on any atom is 0.328 e. The summed E-state index contributed by atoms with van der Waals surface area (Å²) < 4.78 is 32.4. The number of sulfonamides is 1. The number of nitrogens with one attached hydrogen (secondary N) is 2. The van der Waals surface area contributed by atoms with Crippen LogP contribution in [0.15, 0.2) is 47.4 Å². The van der Waals surface area contributed by atoms with Gasteiger partial charge in [0.05, 0.1) is 17.6 Å². The predicted octanol–water partition coefficient (Wildman–Crippen LogP) is 3.98. The van der Waals surface area contributed by atoms with Crippen LogP contribution in [0.2, 0.25) is 5.02 Å². The van der Waals surface area contributed by atoms with Crippen molar-refractivity contribution in [1.29, 1.82) is 0 Å². The summed E-state index contributed by atoms with van der Waals surface area (Å²) in [4.78, 5) is 26.5. The number of nitrogens with zero attached hydrogens (tertiary/aromatic N) is 1. The molecule has 0 heterocycles. The minimum absolute atomic E-state index is 0.00291. The fourth-order valence-electron chi connectivity index (χ4n) is 3.93. The predicted molar refractivity (Wildman–Crippen MR) is 131 cm³/mol. The van der Waals surface area contributed by atoms with E-state index < -0.39 is 16.1 Å². The van der Waals surface area contributed by atoms with Crippen molar-refractivity contribution in [3.8, 4) is 5.75 Å². The van der Waals surface area contributed by atoms with Crippen LogP contribution in [0.25, 0.3) is 0 Å². The Kier molecular flexibility index (Phi) is 8.79. The second-order valence-corrected chi connectivity index (χ2v) is 10.5. The summed E-state index contributed by atoms with van der Waals surface area (Å²) >= 11 is 6.02. The topological polar surface area (TPSA) is 105 Å². The zero-order valence-electron chi connectivity index (χ0n) is 19.3. The zero-order valence-corrected chi connectivity index (χ0v) is 20.9. The highest BCUT2D eigenvalue weighted by Crippen LogP contribution is 2.24. The smallest absolute Gasteiger partial charge is 0.328 e. The summed E-state index contributed by atoms with van der Waals surface area (Å²) in [6.07, 6.45) is 5.45. The van der Waals surface area contributed by atoms with E-state index in [4.69, 9.17) is 16.3 Å². The molecule has 0 saturated heterocycles. The minimum atomic E-state index is -3.97. The van der Waals surface area contributed by atoms with Gasteiger partial charge in [-0.1, -0.05) is 43.0 Å². The summed E-state index contributed by atoms with van der Waals surface area (Å²) in [6, 6.07) is 10.4. The van der Waals surface area contributed by atoms with Crippen molar-refractivity contribution in [3.63, 3.8) is 0 Å². The molecule has 1 aliphatic rings. The molecule has 0 atom stereocenters. The molecular weight excluding hydrogens is 478 g/mol. The molecule has 1 saturated carbocycles. The van der Waals surface area contributed by atoms with Gasteiger partial charge in [-0.05, 0) is 55.2 Å². The summed E-state index contributed by atoms with van der Waals surface area (Å²) in [6.45, 7) is 0.405. The maximum atomic E-state index is 12.8. The number of ether oxygens (including phenoxy) is 1. The number of amides is 3. The molecule has 3 amide bonds. The number of methoxy groups -OCH3 is 1. The third-order valence-corrected chi connectivity index (χ3v) is 7.46. The normalized spacial score (nSPS) is 14.3. The van der Waals surface area contributed by atoms with E-state index in [1.165, 1.54) is 19.2 Å². The molecule has 0 aromatic heterocycles. The summed E-state index contributed by atoms with van der Waals surface area (Å²) in [5.41, 5.74) is 1.22. The quantitative estimate of drug-likeness (QED) is 0.562. The number of hydrogen-bond donors (Lipinski definition) is 2. The molecule has 0 aliphatic heterocycles. The first-order valence-corrected chi connectivity index (χ1v) is 13.1. The fourth-order valence-corrected chi connectivity index (χ4v) is 5.02. The first-order valence-electron chi connectivity index (χ1n) is 11.2.